The number of aromatic nitrogens is 2. The first kappa shape index (κ1) is 20.1. The molecule has 33 heavy (non-hydrogen) atoms. The number of fused-ring (bicyclic) bond motifs is 5. The van der Waals surface area contributed by atoms with Crippen LogP contribution in [0, 0.1) is 0 Å². The number of amides is 1. The first-order chi connectivity index (χ1) is 15.7. The van der Waals surface area contributed by atoms with E-state index in [0.717, 1.165) is 17.2 Å². The number of hydrogen-bond donors (Lipinski definition) is 0. The third-order valence-electron chi connectivity index (χ3n) is 7.20. The van der Waals surface area contributed by atoms with Gasteiger partial charge in [0, 0.05) is 25.5 Å². The van der Waals surface area contributed by atoms with Crippen LogP contribution < -0.4 is 5.56 Å². The fourth-order valence-corrected chi connectivity index (χ4v) is 5.67. The van der Waals surface area contributed by atoms with E-state index in [0.29, 0.717) is 30.5 Å². The van der Waals surface area contributed by atoms with Gasteiger partial charge in [0.15, 0.2) is 0 Å². The van der Waals surface area contributed by atoms with Crippen molar-refractivity contribution in [1.29, 1.82) is 0 Å². The van der Waals surface area contributed by atoms with E-state index in [1.807, 2.05) is 42.1 Å². The zero-order chi connectivity index (χ0) is 23.1. The van der Waals surface area contributed by atoms with Gasteiger partial charge in [0.05, 0.1) is 23.5 Å². The molecule has 6 nitrogen and oxygen atoms in total. The van der Waals surface area contributed by atoms with Gasteiger partial charge in [-0.15, -0.1) is 0 Å². The molecule has 0 saturated carbocycles. The minimum Gasteiger partial charge on any atom is -0.455 e. The molecule has 2 aliphatic heterocycles. The molecule has 1 saturated heterocycles. The Balaban J connectivity index is 1.48. The number of aryl methyl sites for hydroxylation is 1. The molecular formula is C24H20F3N3O3. The summed E-state index contributed by atoms with van der Waals surface area (Å²) in [6, 6.07) is 5.55. The number of hydrogen-bond acceptors (Lipinski definition) is 3. The van der Waals surface area contributed by atoms with Crippen LogP contribution in [0.25, 0.3) is 10.9 Å². The fourth-order valence-electron chi connectivity index (χ4n) is 5.67. The summed E-state index contributed by atoms with van der Waals surface area (Å²) in [6.07, 6.45) is 4.00. The highest BCUT2D eigenvalue weighted by Crippen LogP contribution is 2.51. The molecule has 2 atom stereocenters. The Labute approximate surface area is 186 Å². The van der Waals surface area contributed by atoms with Crippen LogP contribution in [0.3, 0.4) is 0 Å². The summed E-state index contributed by atoms with van der Waals surface area (Å²) in [6.45, 7) is 0.342. The lowest BCUT2D eigenvalue weighted by Gasteiger charge is -2.25. The van der Waals surface area contributed by atoms with Crippen molar-refractivity contribution in [3.05, 3.63) is 81.8 Å². The lowest BCUT2D eigenvalue weighted by atomic mass is 9.74. The van der Waals surface area contributed by atoms with Crippen LogP contribution in [-0.2, 0) is 36.5 Å². The number of pyridine rings is 1. The van der Waals surface area contributed by atoms with E-state index in [2.05, 4.69) is 0 Å². The van der Waals surface area contributed by atoms with Crippen molar-refractivity contribution in [2.75, 3.05) is 0 Å². The van der Waals surface area contributed by atoms with Crippen LogP contribution in [0.5, 0.6) is 0 Å². The number of carbonyl (C=O) groups excluding carboxylic acids is 1. The average molecular weight is 455 g/mol. The van der Waals surface area contributed by atoms with E-state index >= 15 is 0 Å². The number of furan rings is 1. The maximum Gasteiger partial charge on any atom is 0.449 e. The smallest absolute Gasteiger partial charge is 0.449 e. The van der Waals surface area contributed by atoms with Gasteiger partial charge >= 0.3 is 6.18 Å². The van der Waals surface area contributed by atoms with Crippen molar-refractivity contribution in [1.82, 2.24) is 14.0 Å². The first-order valence-electron chi connectivity index (χ1n) is 10.8. The predicted molar refractivity (Wildman–Crippen MR) is 113 cm³/mol. The zero-order valence-corrected chi connectivity index (χ0v) is 17.7. The fraction of sp³-hybridized carbons (Fsp3) is 0.333. The van der Waals surface area contributed by atoms with Crippen LogP contribution in [0.2, 0.25) is 0 Å². The number of allylic oxidation sites excluding steroid dienone is 2. The SMILES string of the molecule is Cn1ccc2c(=O)n3c(cc21)C1(CC3)C(=O)N(Cc2ccc(C(F)(F)F)o2)C2CC=CC=C21. The quantitative estimate of drug-likeness (QED) is 0.589. The van der Waals surface area contributed by atoms with Crippen molar-refractivity contribution >= 4 is 16.8 Å². The van der Waals surface area contributed by atoms with E-state index in [1.54, 1.807) is 15.5 Å². The van der Waals surface area contributed by atoms with Crippen LogP contribution in [0.1, 0.15) is 30.1 Å². The van der Waals surface area contributed by atoms with Gasteiger partial charge in [0.25, 0.3) is 5.56 Å². The molecule has 1 amide bonds. The standard InChI is InChI=1S/C24H20F3N3O3/c1-28-10-8-15-18(28)12-19-23(9-11-29(19)21(15)31)16-4-2-3-5-17(16)30(22(23)32)13-14-6-7-20(33-14)24(25,26)27/h2-4,6-8,10,12,17H,5,9,11,13H2,1H3. The maximum atomic E-state index is 14.0. The second-order valence-electron chi connectivity index (χ2n) is 8.87. The normalized spacial score (nSPS) is 24.1. The highest BCUT2D eigenvalue weighted by atomic mass is 19.4. The van der Waals surface area contributed by atoms with E-state index in [1.165, 1.54) is 6.07 Å². The minimum atomic E-state index is -4.58. The summed E-state index contributed by atoms with van der Waals surface area (Å²) in [7, 11) is 1.85. The van der Waals surface area contributed by atoms with Crippen LogP contribution in [0.4, 0.5) is 13.2 Å². The number of carbonyl (C=O) groups is 1. The first-order valence-corrected chi connectivity index (χ1v) is 10.8. The van der Waals surface area contributed by atoms with Gasteiger partial charge in [-0.05, 0) is 42.7 Å². The monoisotopic (exact) mass is 455 g/mol. The van der Waals surface area contributed by atoms with E-state index in [-0.39, 0.29) is 29.8 Å². The summed E-state index contributed by atoms with van der Waals surface area (Å²) >= 11 is 0. The van der Waals surface area contributed by atoms with Crippen LogP contribution in [-0.4, -0.2) is 26.0 Å². The second kappa shape index (κ2) is 6.52. The largest absolute Gasteiger partial charge is 0.455 e. The second-order valence-corrected chi connectivity index (χ2v) is 8.87. The Morgan fingerprint density at radius 1 is 1.21 bits per heavy atom. The molecule has 3 aromatic heterocycles. The molecule has 2 unspecified atom stereocenters. The summed E-state index contributed by atoms with van der Waals surface area (Å²) in [4.78, 5) is 28.8. The molecule has 0 radical (unpaired) electrons. The van der Waals surface area contributed by atoms with Gasteiger partial charge in [-0.1, -0.05) is 18.2 Å². The molecule has 1 spiro atoms. The minimum absolute atomic E-state index is 0.0663. The lowest BCUT2D eigenvalue weighted by Crippen LogP contribution is -2.38. The Kier molecular flexibility index (Phi) is 3.98. The number of rotatable bonds is 2. The van der Waals surface area contributed by atoms with Crippen molar-refractivity contribution in [2.45, 2.75) is 43.6 Å². The van der Waals surface area contributed by atoms with Gasteiger partial charge in [-0.25, -0.2) is 0 Å². The average Bonchev–Trinajstić information content (AvgIpc) is 3.53. The van der Waals surface area contributed by atoms with E-state index < -0.39 is 17.4 Å². The molecule has 5 heterocycles. The highest BCUT2D eigenvalue weighted by Gasteiger charge is 2.59. The van der Waals surface area contributed by atoms with Gasteiger partial charge in [0.2, 0.25) is 11.7 Å². The summed E-state index contributed by atoms with van der Waals surface area (Å²) in [5, 5.41) is 0.602. The molecule has 170 valence electrons. The molecule has 0 N–H and O–H groups in total. The summed E-state index contributed by atoms with van der Waals surface area (Å²) in [5.41, 5.74) is 1.15. The molecule has 9 heteroatoms. The van der Waals surface area contributed by atoms with Gasteiger partial charge in [-0.2, -0.15) is 13.2 Å². The topological polar surface area (TPSA) is 60.4 Å². The number of alkyl halides is 3. The van der Waals surface area contributed by atoms with Crippen molar-refractivity contribution in [3.63, 3.8) is 0 Å². The number of likely N-dealkylation sites (tertiary alicyclic amines) is 1. The van der Waals surface area contributed by atoms with Gasteiger partial charge in [0.1, 0.15) is 11.2 Å². The molecule has 0 bridgehead atoms. The molecular weight excluding hydrogens is 435 g/mol. The number of nitrogens with zero attached hydrogens (tertiary/aromatic N) is 3. The van der Waals surface area contributed by atoms with Gasteiger partial charge in [-0.3, -0.25) is 9.59 Å². The Morgan fingerprint density at radius 2 is 2.03 bits per heavy atom. The maximum absolute atomic E-state index is 14.0. The Hall–Kier alpha value is -3.49. The number of halogens is 3. The third-order valence-corrected chi connectivity index (χ3v) is 7.20. The van der Waals surface area contributed by atoms with Crippen molar-refractivity contribution < 1.29 is 22.4 Å². The molecule has 6 rings (SSSR count). The zero-order valence-electron chi connectivity index (χ0n) is 17.7. The molecule has 3 aromatic rings. The van der Waals surface area contributed by atoms with Gasteiger partial charge < -0.3 is 18.5 Å². The van der Waals surface area contributed by atoms with E-state index in [4.69, 9.17) is 4.42 Å². The third kappa shape index (κ3) is 2.62. The van der Waals surface area contributed by atoms with E-state index in [9.17, 15) is 22.8 Å². The predicted octanol–water partition coefficient (Wildman–Crippen LogP) is 3.89. The summed E-state index contributed by atoms with van der Waals surface area (Å²) < 4.78 is 47.6. The Bertz CT molecular complexity index is 1440. The molecule has 1 fully saturated rings. The molecule has 0 aromatic carbocycles. The van der Waals surface area contributed by atoms with Crippen LogP contribution in [0.15, 0.2) is 63.5 Å². The van der Waals surface area contributed by atoms with Crippen LogP contribution >= 0.6 is 0 Å². The molecule has 3 aliphatic rings. The summed E-state index contributed by atoms with van der Waals surface area (Å²) in [5.74, 6) is -1.21. The van der Waals surface area contributed by atoms with Crippen molar-refractivity contribution in [2.24, 2.45) is 7.05 Å². The Morgan fingerprint density at radius 3 is 2.79 bits per heavy atom. The highest BCUT2D eigenvalue weighted by molar-refractivity contribution is 5.97. The lowest BCUT2D eigenvalue weighted by molar-refractivity contribution is -0.153. The van der Waals surface area contributed by atoms with Crippen molar-refractivity contribution in [3.8, 4) is 0 Å². The molecule has 1 aliphatic carbocycles.